The highest BCUT2D eigenvalue weighted by atomic mass is 32.2. The first-order valence-corrected chi connectivity index (χ1v) is 16.9. The van der Waals surface area contributed by atoms with Gasteiger partial charge in [0.2, 0.25) is 0 Å². The van der Waals surface area contributed by atoms with E-state index in [0.29, 0.717) is 22.9 Å². The van der Waals surface area contributed by atoms with E-state index >= 15 is 0 Å². The number of hydrogen-bond acceptors (Lipinski definition) is 7. The molecule has 0 unspecified atom stereocenters. The van der Waals surface area contributed by atoms with Crippen molar-refractivity contribution >= 4 is 43.0 Å². The van der Waals surface area contributed by atoms with Crippen LogP contribution in [-0.2, 0) is 26.6 Å². The molecule has 5 rings (SSSR count). The lowest BCUT2D eigenvalue weighted by atomic mass is 10.1. The van der Waals surface area contributed by atoms with Gasteiger partial charge in [-0.3, -0.25) is 13.8 Å². The Morgan fingerprint density at radius 1 is 0.630 bits per heavy atom. The summed E-state index contributed by atoms with van der Waals surface area (Å²) in [6, 6.07) is 33.6. The number of nitrogens with zero attached hydrogens (tertiary/aromatic N) is 1. The van der Waals surface area contributed by atoms with Crippen molar-refractivity contribution in [1.82, 2.24) is 0 Å². The standard InChI is InChI=1S/C34H31N3O7S2/c1-43-28-16-12-27(13-17-28)36-45(39,40)30-20-14-26(15-21-30)35-34(38)32-10-6-7-11-33(32)37(24-25-8-4-3-5-9-25)46(41,42)31-22-18-29(44-2)19-23-31/h3-23,36H,24H2,1-2H3,(H,35,38). The van der Waals surface area contributed by atoms with Gasteiger partial charge in [0.25, 0.3) is 26.0 Å². The van der Waals surface area contributed by atoms with Gasteiger partial charge in [0, 0.05) is 11.4 Å². The second-order valence-electron chi connectivity index (χ2n) is 10.0. The smallest absolute Gasteiger partial charge is 0.264 e. The summed E-state index contributed by atoms with van der Waals surface area (Å²) >= 11 is 0. The lowest BCUT2D eigenvalue weighted by Gasteiger charge is -2.26. The molecule has 10 nitrogen and oxygen atoms in total. The summed E-state index contributed by atoms with van der Waals surface area (Å²) in [5.41, 5.74) is 1.67. The molecule has 0 aliphatic carbocycles. The average molecular weight is 658 g/mol. The van der Waals surface area contributed by atoms with Crippen molar-refractivity contribution in [3.8, 4) is 11.5 Å². The van der Waals surface area contributed by atoms with E-state index in [0.717, 1.165) is 5.56 Å². The number of sulfonamides is 2. The minimum absolute atomic E-state index is 0.0126. The van der Waals surface area contributed by atoms with Gasteiger partial charge in [-0.1, -0.05) is 42.5 Å². The van der Waals surface area contributed by atoms with Gasteiger partial charge in [0.05, 0.1) is 41.8 Å². The third-order valence-electron chi connectivity index (χ3n) is 7.00. The number of para-hydroxylation sites is 1. The summed E-state index contributed by atoms with van der Waals surface area (Å²) in [4.78, 5) is 13.6. The Hall–Kier alpha value is -5.33. The van der Waals surface area contributed by atoms with Gasteiger partial charge in [-0.15, -0.1) is 0 Å². The number of amides is 1. The number of carbonyl (C=O) groups excluding carboxylic acids is 1. The van der Waals surface area contributed by atoms with Gasteiger partial charge in [0.15, 0.2) is 0 Å². The van der Waals surface area contributed by atoms with Crippen LogP contribution < -0.4 is 23.8 Å². The molecule has 5 aromatic rings. The fourth-order valence-electron chi connectivity index (χ4n) is 4.60. The van der Waals surface area contributed by atoms with Crippen LogP contribution in [-0.4, -0.2) is 37.0 Å². The number of benzene rings is 5. The Bertz CT molecular complexity index is 2020. The van der Waals surface area contributed by atoms with Crippen molar-refractivity contribution in [3.05, 3.63) is 139 Å². The van der Waals surface area contributed by atoms with E-state index in [1.54, 1.807) is 66.7 Å². The normalized spacial score (nSPS) is 11.3. The van der Waals surface area contributed by atoms with Gasteiger partial charge in [-0.25, -0.2) is 16.8 Å². The number of nitrogens with one attached hydrogen (secondary N) is 2. The predicted molar refractivity (Wildman–Crippen MR) is 177 cm³/mol. The molecule has 0 aliphatic rings. The van der Waals surface area contributed by atoms with Crippen LogP contribution in [0.4, 0.5) is 17.1 Å². The summed E-state index contributed by atoms with van der Waals surface area (Å²) in [6.45, 7) is -0.0345. The molecule has 5 aromatic carbocycles. The van der Waals surface area contributed by atoms with Gasteiger partial charge in [-0.2, -0.15) is 0 Å². The van der Waals surface area contributed by atoms with E-state index in [9.17, 15) is 21.6 Å². The third kappa shape index (κ3) is 7.31. The Morgan fingerprint density at radius 3 is 1.76 bits per heavy atom. The van der Waals surface area contributed by atoms with E-state index in [-0.39, 0.29) is 27.6 Å². The second-order valence-corrected chi connectivity index (χ2v) is 13.5. The first-order chi connectivity index (χ1) is 22.1. The van der Waals surface area contributed by atoms with Crippen LogP contribution in [0.5, 0.6) is 11.5 Å². The molecule has 0 saturated carbocycles. The molecule has 1 amide bonds. The zero-order valence-electron chi connectivity index (χ0n) is 25.0. The monoisotopic (exact) mass is 657 g/mol. The highest BCUT2D eigenvalue weighted by molar-refractivity contribution is 7.93. The molecular formula is C34H31N3O7S2. The van der Waals surface area contributed by atoms with E-state index < -0.39 is 26.0 Å². The van der Waals surface area contributed by atoms with Crippen molar-refractivity contribution < 1.29 is 31.1 Å². The summed E-state index contributed by atoms with van der Waals surface area (Å²) in [5.74, 6) is 0.514. The summed E-state index contributed by atoms with van der Waals surface area (Å²) in [7, 11) is -5.04. The van der Waals surface area contributed by atoms with Crippen molar-refractivity contribution in [2.45, 2.75) is 16.3 Å². The quantitative estimate of drug-likeness (QED) is 0.165. The van der Waals surface area contributed by atoms with Crippen LogP contribution in [0.3, 0.4) is 0 Å². The van der Waals surface area contributed by atoms with Crippen LogP contribution in [0, 0.1) is 0 Å². The van der Waals surface area contributed by atoms with Gasteiger partial charge in [0.1, 0.15) is 11.5 Å². The van der Waals surface area contributed by atoms with E-state index in [2.05, 4.69) is 10.0 Å². The third-order valence-corrected chi connectivity index (χ3v) is 10.2. The summed E-state index contributed by atoms with van der Waals surface area (Å²) in [6.07, 6.45) is 0. The fourth-order valence-corrected chi connectivity index (χ4v) is 7.13. The minimum Gasteiger partial charge on any atom is -0.497 e. The summed E-state index contributed by atoms with van der Waals surface area (Å²) < 4.78 is 67.9. The number of carbonyl (C=O) groups is 1. The van der Waals surface area contributed by atoms with Gasteiger partial charge < -0.3 is 14.8 Å². The van der Waals surface area contributed by atoms with Crippen LogP contribution >= 0.6 is 0 Å². The highest BCUT2D eigenvalue weighted by Gasteiger charge is 2.29. The molecule has 12 heteroatoms. The van der Waals surface area contributed by atoms with Crippen molar-refractivity contribution in [2.24, 2.45) is 0 Å². The molecule has 0 heterocycles. The molecule has 0 spiro atoms. The second kappa shape index (κ2) is 13.8. The van der Waals surface area contributed by atoms with Crippen molar-refractivity contribution in [3.63, 3.8) is 0 Å². The van der Waals surface area contributed by atoms with Crippen LogP contribution in [0.2, 0.25) is 0 Å². The zero-order valence-corrected chi connectivity index (χ0v) is 26.6. The SMILES string of the molecule is COc1ccc(NS(=O)(=O)c2ccc(NC(=O)c3ccccc3N(Cc3ccccc3)S(=O)(=O)c3ccc(OC)cc3)cc2)cc1. The highest BCUT2D eigenvalue weighted by Crippen LogP contribution is 2.31. The lowest BCUT2D eigenvalue weighted by molar-refractivity contribution is 0.102. The predicted octanol–water partition coefficient (Wildman–Crippen LogP) is 6.15. The molecule has 236 valence electrons. The van der Waals surface area contributed by atoms with E-state index in [1.165, 1.54) is 61.0 Å². The number of rotatable bonds is 12. The molecule has 2 N–H and O–H groups in total. The largest absolute Gasteiger partial charge is 0.497 e. The molecule has 0 atom stereocenters. The van der Waals surface area contributed by atoms with Gasteiger partial charge >= 0.3 is 0 Å². The number of methoxy groups -OCH3 is 2. The molecule has 0 aliphatic heterocycles. The molecule has 0 bridgehead atoms. The Kier molecular flexibility index (Phi) is 9.59. The maximum Gasteiger partial charge on any atom is 0.264 e. The Morgan fingerprint density at radius 2 is 1.15 bits per heavy atom. The number of ether oxygens (including phenoxy) is 2. The van der Waals surface area contributed by atoms with Crippen LogP contribution in [0.1, 0.15) is 15.9 Å². The van der Waals surface area contributed by atoms with Crippen LogP contribution in [0.25, 0.3) is 0 Å². The molecule has 0 aromatic heterocycles. The number of hydrogen-bond donors (Lipinski definition) is 2. The maximum atomic E-state index is 14.0. The molecular weight excluding hydrogens is 627 g/mol. The zero-order chi connectivity index (χ0) is 32.7. The Balaban J connectivity index is 1.41. The van der Waals surface area contributed by atoms with Crippen molar-refractivity contribution in [2.75, 3.05) is 28.6 Å². The van der Waals surface area contributed by atoms with Gasteiger partial charge in [-0.05, 0) is 90.5 Å². The summed E-state index contributed by atoms with van der Waals surface area (Å²) in [5, 5.41) is 2.76. The minimum atomic E-state index is -4.14. The topological polar surface area (TPSA) is 131 Å². The molecule has 0 radical (unpaired) electrons. The first-order valence-electron chi connectivity index (χ1n) is 14.0. The lowest BCUT2D eigenvalue weighted by Crippen LogP contribution is -2.32. The molecule has 0 fully saturated rings. The van der Waals surface area contributed by atoms with E-state index in [4.69, 9.17) is 9.47 Å². The first kappa shape index (κ1) is 32.1. The Labute approximate surface area is 268 Å². The number of anilines is 3. The fraction of sp³-hybridized carbons (Fsp3) is 0.0882. The average Bonchev–Trinajstić information content (AvgIpc) is 3.08. The van der Waals surface area contributed by atoms with Crippen molar-refractivity contribution in [1.29, 1.82) is 0 Å². The van der Waals surface area contributed by atoms with E-state index in [1.807, 2.05) is 18.2 Å². The maximum absolute atomic E-state index is 14.0. The van der Waals surface area contributed by atoms with Crippen LogP contribution in [0.15, 0.2) is 137 Å². The molecule has 0 saturated heterocycles. The molecule has 46 heavy (non-hydrogen) atoms.